The van der Waals surface area contributed by atoms with Crippen LogP contribution >= 0.6 is 0 Å². The quantitative estimate of drug-likeness (QED) is 0.765. The summed E-state index contributed by atoms with van der Waals surface area (Å²) in [5, 5.41) is 0. The van der Waals surface area contributed by atoms with Gasteiger partial charge in [0.25, 0.3) is 0 Å². The van der Waals surface area contributed by atoms with E-state index in [0.29, 0.717) is 12.8 Å². The fraction of sp³-hybridized carbons (Fsp3) is 0.900. The highest BCUT2D eigenvalue weighted by atomic mass is 32.2. The molecule has 1 fully saturated rings. The van der Waals surface area contributed by atoms with Crippen LogP contribution in [0, 0.1) is 0 Å². The first kappa shape index (κ1) is 14.2. The van der Waals surface area contributed by atoms with Crippen LogP contribution in [-0.4, -0.2) is 43.7 Å². The van der Waals surface area contributed by atoms with Crippen LogP contribution in [0.3, 0.4) is 0 Å². The Labute approximate surface area is 103 Å². The van der Waals surface area contributed by atoms with Crippen LogP contribution in [0.1, 0.15) is 33.6 Å². The number of thiol groups is 1. The van der Waals surface area contributed by atoms with Crippen LogP contribution in [0.4, 0.5) is 4.79 Å². The first-order valence-corrected chi connectivity index (χ1v) is 6.51. The van der Waals surface area contributed by atoms with E-state index < -0.39 is 28.1 Å². The Bertz CT molecular complexity index is 359. The average Bonchev–Trinajstić information content (AvgIpc) is 2.81. The van der Waals surface area contributed by atoms with Gasteiger partial charge in [-0.15, -0.1) is 0 Å². The molecular weight excluding hydrogens is 246 g/mol. The maximum Gasteiger partial charge on any atom is 0.424 e. The van der Waals surface area contributed by atoms with Crippen LogP contribution < -0.4 is 0 Å². The highest BCUT2D eigenvalue weighted by molar-refractivity contribution is 7.70. The smallest absolute Gasteiger partial charge is 0.424 e. The average molecular weight is 265 g/mol. The molecule has 0 aromatic heterocycles. The van der Waals surface area contributed by atoms with E-state index in [-0.39, 0.29) is 6.61 Å². The van der Waals surface area contributed by atoms with Gasteiger partial charge in [-0.2, -0.15) is 4.31 Å². The van der Waals surface area contributed by atoms with Crippen molar-refractivity contribution in [3.05, 3.63) is 0 Å². The third kappa shape index (κ3) is 3.57. The van der Waals surface area contributed by atoms with Crippen molar-refractivity contribution in [2.45, 2.75) is 44.8 Å². The Morgan fingerprint density at radius 3 is 2.18 bits per heavy atom. The maximum atomic E-state index is 11.8. The summed E-state index contributed by atoms with van der Waals surface area (Å²) in [6.45, 7) is 5.28. The van der Waals surface area contributed by atoms with Crippen LogP contribution in [0.5, 0.6) is 0 Å². The van der Waals surface area contributed by atoms with Crippen LogP contribution in [0.15, 0.2) is 0 Å². The van der Waals surface area contributed by atoms with Crippen molar-refractivity contribution in [2.75, 3.05) is 13.7 Å². The summed E-state index contributed by atoms with van der Waals surface area (Å²) in [4.78, 5) is 11.8. The van der Waals surface area contributed by atoms with Crippen molar-refractivity contribution in [1.29, 1.82) is 0 Å². The van der Waals surface area contributed by atoms with E-state index in [4.69, 9.17) is 9.47 Å². The van der Waals surface area contributed by atoms with E-state index in [0.717, 1.165) is 4.31 Å². The first-order valence-electron chi connectivity index (χ1n) is 5.38. The molecule has 1 saturated carbocycles. The maximum absolute atomic E-state index is 11.8. The minimum atomic E-state index is -3.01. The van der Waals surface area contributed by atoms with Gasteiger partial charge in [0.15, 0.2) is 0 Å². The largest absolute Gasteiger partial charge is 0.443 e. The topological polar surface area (TPSA) is 72.9 Å². The van der Waals surface area contributed by atoms with Gasteiger partial charge in [0.1, 0.15) is 5.60 Å². The molecule has 1 amide bonds. The van der Waals surface area contributed by atoms with Crippen LogP contribution in [0.2, 0.25) is 0 Å². The minimum absolute atomic E-state index is 0.204. The van der Waals surface area contributed by atoms with Gasteiger partial charge in [0.2, 0.25) is 10.9 Å². The minimum Gasteiger partial charge on any atom is -0.443 e. The summed E-state index contributed by atoms with van der Waals surface area (Å²) >= 11 is 0. The van der Waals surface area contributed by atoms with Crippen molar-refractivity contribution in [2.24, 2.45) is 0 Å². The zero-order valence-corrected chi connectivity index (χ0v) is 11.5. The summed E-state index contributed by atoms with van der Waals surface area (Å²) in [6, 6.07) is 0. The molecular formula is C10H19NO5S. The predicted octanol–water partition coefficient (Wildman–Crippen LogP) is 0.929. The number of rotatable bonds is 4. The van der Waals surface area contributed by atoms with Crippen molar-refractivity contribution >= 4 is 17.0 Å². The molecule has 17 heavy (non-hydrogen) atoms. The lowest BCUT2D eigenvalue weighted by atomic mass is 10.2. The zero-order chi connectivity index (χ0) is 13.3. The van der Waals surface area contributed by atoms with Crippen molar-refractivity contribution < 1.29 is 22.7 Å². The highest BCUT2D eigenvalue weighted by Gasteiger charge is 2.53. The molecule has 100 valence electrons. The summed E-state index contributed by atoms with van der Waals surface area (Å²) in [6.07, 6.45) is 0.399. The van der Waals surface area contributed by atoms with Gasteiger partial charge < -0.3 is 9.47 Å². The highest BCUT2D eigenvalue weighted by Crippen LogP contribution is 2.42. The molecule has 0 atom stereocenters. The molecule has 0 saturated heterocycles. The second-order valence-electron chi connectivity index (χ2n) is 5.19. The Kier molecular flexibility index (Phi) is 4.03. The molecule has 0 radical (unpaired) electrons. The fourth-order valence-electron chi connectivity index (χ4n) is 1.57. The Morgan fingerprint density at radius 2 is 1.88 bits per heavy atom. The van der Waals surface area contributed by atoms with Crippen molar-refractivity contribution in [1.82, 2.24) is 4.31 Å². The lowest BCUT2D eigenvalue weighted by molar-refractivity contribution is 0.0244. The molecule has 0 aromatic carbocycles. The SMILES string of the molecule is COCC1(N(C(=O)OC(C)(C)C)[SH](=O)=O)CC1. The number of carbonyl (C=O) groups is 1. The van der Waals surface area contributed by atoms with E-state index in [1.807, 2.05) is 0 Å². The van der Waals surface area contributed by atoms with Gasteiger partial charge in [-0.05, 0) is 33.6 Å². The van der Waals surface area contributed by atoms with Gasteiger partial charge in [-0.1, -0.05) is 0 Å². The summed E-state index contributed by atoms with van der Waals surface area (Å²) in [5.74, 6) is 0. The standard InChI is InChI=1S/C10H19NO5S/c1-9(2,3)16-8(12)11(17(13)14)10(5-6-10)7-15-4/h17H,5-7H2,1-4H3. The van der Waals surface area contributed by atoms with E-state index in [9.17, 15) is 13.2 Å². The molecule has 1 aliphatic carbocycles. The zero-order valence-electron chi connectivity index (χ0n) is 10.6. The van der Waals surface area contributed by atoms with Gasteiger partial charge in [-0.25, -0.2) is 13.2 Å². The Morgan fingerprint density at radius 1 is 1.35 bits per heavy atom. The van der Waals surface area contributed by atoms with Gasteiger partial charge >= 0.3 is 6.09 Å². The number of carbonyl (C=O) groups excluding carboxylic acids is 1. The third-order valence-electron chi connectivity index (χ3n) is 2.42. The Hall–Kier alpha value is -0.820. The number of hydrogen-bond donors (Lipinski definition) is 1. The molecule has 0 unspecified atom stereocenters. The molecule has 1 rings (SSSR count). The van der Waals surface area contributed by atoms with E-state index >= 15 is 0 Å². The molecule has 1 aliphatic rings. The van der Waals surface area contributed by atoms with E-state index in [2.05, 4.69) is 0 Å². The van der Waals surface area contributed by atoms with Crippen LogP contribution in [0.25, 0.3) is 0 Å². The number of amides is 1. The monoisotopic (exact) mass is 265 g/mol. The molecule has 7 heteroatoms. The number of ether oxygens (including phenoxy) is 2. The number of hydrogen-bond acceptors (Lipinski definition) is 5. The molecule has 0 aliphatic heterocycles. The van der Waals surface area contributed by atoms with E-state index in [1.54, 1.807) is 20.8 Å². The van der Waals surface area contributed by atoms with Gasteiger partial charge in [0, 0.05) is 7.11 Å². The van der Waals surface area contributed by atoms with E-state index in [1.165, 1.54) is 7.11 Å². The molecule has 0 aromatic rings. The molecule has 6 nitrogen and oxygen atoms in total. The van der Waals surface area contributed by atoms with Gasteiger partial charge in [-0.3, -0.25) is 0 Å². The lowest BCUT2D eigenvalue weighted by Gasteiger charge is -2.28. The molecule has 0 bridgehead atoms. The van der Waals surface area contributed by atoms with Crippen molar-refractivity contribution in [3.63, 3.8) is 0 Å². The fourth-order valence-corrected chi connectivity index (χ4v) is 2.35. The lowest BCUT2D eigenvalue weighted by Crippen LogP contribution is -2.46. The summed E-state index contributed by atoms with van der Waals surface area (Å²) < 4.78 is 33.2. The van der Waals surface area contributed by atoms with Gasteiger partial charge in [0.05, 0.1) is 12.1 Å². The predicted molar refractivity (Wildman–Crippen MR) is 62.2 cm³/mol. The Balaban J connectivity index is 2.84. The summed E-state index contributed by atoms with van der Waals surface area (Å²) in [5.41, 5.74) is -1.45. The number of methoxy groups -OCH3 is 1. The second kappa shape index (κ2) is 4.81. The molecule has 0 heterocycles. The van der Waals surface area contributed by atoms with Crippen LogP contribution in [-0.2, 0) is 20.4 Å². The second-order valence-corrected chi connectivity index (χ2v) is 6.06. The third-order valence-corrected chi connectivity index (χ3v) is 3.33. The molecule has 0 spiro atoms. The normalized spacial score (nSPS) is 17.9. The first-order chi connectivity index (χ1) is 7.72. The molecule has 0 N–H and O–H groups in total. The summed E-state index contributed by atoms with van der Waals surface area (Å²) in [7, 11) is -1.54. The van der Waals surface area contributed by atoms with Crippen molar-refractivity contribution in [3.8, 4) is 0 Å². The number of nitrogens with zero attached hydrogens (tertiary/aromatic N) is 1.